The maximum atomic E-state index is 11.8. The molecule has 1 heterocycles. The first kappa shape index (κ1) is 11.7. The molecule has 0 bridgehead atoms. The van der Waals surface area contributed by atoms with Crippen LogP contribution < -0.4 is 5.32 Å². The van der Waals surface area contributed by atoms with E-state index in [-0.39, 0.29) is 10.8 Å². The molecule has 0 fully saturated rings. The van der Waals surface area contributed by atoms with Crippen molar-refractivity contribution in [3.8, 4) is 0 Å². The second-order valence-electron chi connectivity index (χ2n) is 3.73. The van der Waals surface area contributed by atoms with Crippen LogP contribution in [-0.2, 0) is 0 Å². The van der Waals surface area contributed by atoms with Crippen molar-refractivity contribution in [3.63, 3.8) is 0 Å². The van der Waals surface area contributed by atoms with Gasteiger partial charge in [-0.1, -0.05) is 28.9 Å². The van der Waals surface area contributed by atoms with Gasteiger partial charge in [0.2, 0.25) is 5.76 Å². The Balaban J connectivity index is 2.20. The van der Waals surface area contributed by atoms with Crippen LogP contribution in [0, 0.1) is 13.8 Å². The first-order valence-electron chi connectivity index (χ1n) is 5.07. The summed E-state index contributed by atoms with van der Waals surface area (Å²) in [5.41, 5.74) is 2.25. The molecule has 0 saturated heterocycles. The van der Waals surface area contributed by atoms with Gasteiger partial charge in [0.05, 0.1) is 5.69 Å². The molecular formula is C12H11ClN2O2. The summed E-state index contributed by atoms with van der Waals surface area (Å²) in [4.78, 5) is 11.8. The van der Waals surface area contributed by atoms with E-state index in [0.717, 1.165) is 5.56 Å². The smallest absolute Gasteiger partial charge is 0.295 e. The fraction of sp³-hybridized carbons (Fsp3) is 0.167. The van der Waals surface area contributed by atoms with Gasteiger partial charge in [0.1, 0.15) is 5.02 Å². The summed E-state index contributed by atoms with van der Waals surface area (Å²) >= 11 is 5.88. The molecule has 0 radical (unpaired) electrons. The number of anilines is 1. The number of halogens is 1. The molecular weight excluding hydrogens is 240 g/mol. The van der Waals surface area contributed by atoms with Crippen molar-refractivity contribution < 1.29 is 9.32 Å². The maximum absolute atomic E-state index is 11.8. The zero-order valence-corrected chi connectivity index (χ0v) is 10.2. The lowest BCUT2D eigenvalue weighted by molar-refractivity contribution is 0.0988. The molecule has 0 aliphatic carbocycles. The highest BCUT2D eigenvalue weighted by Crippen LogP contribution is 2.21. The number of hydrogen-bond donors (Lipinski definition) is 1. The second kappa shape index (κ2) is 4.59. The summed E-state index contributed by atoms with van der Waals surface area (Å²) in [5.74, 6) is -0.369. The van der Waals surface area contributed by atoms with Crippen LogP contribution in [0.1, 0.15) is 21.8 Å². The normalized spacial score (nSPS) is 10.3. The van der Waals surface area contributed by atoms with E-state index >= 15 is 0 Å². The van der Waals surface area contributed by atoms with Gasteiger partial charge in [-0.3, -0.25) is 4.79 Å². The molecule has 1 aromatic carbocycles. The van der Waals surface area contributed by atoms with Gasteiger partial charge in [-0.15, -0.1) is 0 Å². The largest absolute Gasteiger partial charge is 0.349 e. The predicted molar refractivity (Wildman–Crippen MR) is 65.4 cm³/mol. The van der Waals surface area contributed by atoms with Gasteiger partial charge in [-0.2, -0.15) is 0 Å². The fourth-order valence-electron chi connectivity index (χ4n) is 1.41. The SMILES string of the molecule is Cc1cccc(NC(=O)c2onc(C)c2Cl)c1. The summed E-state index contributed by atoms with van der Waals surface area (Å²) in [6, 6.07) is 7.45. The third-order valence-electron chi connectivity index (χ3n) is 2.27. The van der Waals surface area contributed by atoms with Gasteiger partial charge < -0.3 is 9.84 Å². The molecule has 2 aromatic rings. The molecule has 0 aliphatic rings. The second-order valence-corrected chi connectivity index (χ2v) is 4.11. The van der Waals surface area contributed by atoms with Crippen molar-refractivity contribution >= 4 is 23.2 Å². The lowest BCUT2D eigenvalue weighted by atomic mass is 10.2. The van der Waals surface area contributed by atoms with E-state index in [1.54, 1.807) is 13.0 Å². The van der Waals surface area contributed by atoms with Gasteiger partial charge in [-0.05, 0) is 31.5 Å². The Morgan fingerprint density at radius 1 is 1.41 bits per heavy atom. The lowest BCUT2D eigenvalue weighted by Gasteiger charge is -2.03. The monoisotopic (exact) mass is 250 g/mol. The summed E-state index contributed by atoms with van der Waals surface area (Å²) in [7, 11) is 0. The van der Waals surface area contributed by atoms with Gasteiger partial charge in [0.25, 0.3) is 5.91 Å². The molecule has 88 valence electrons. The summed E-state index contributed by atoms with van der Waals surface area (Å²) in [5, 5.41) is 6.57. The third-order valence-corrected chi connectivity index (χ3v) is 2.72. The molecule has 0 unspecified atom stereocenters. The minimum absolute atomic E-state index is 0.0330. The van der Waals surface area contributed by atoms with E-state index < -0.39 is 5.91 Å². The van der Waals surface area contributed by atoms with Crippen LogP contribution >= 0.6 is 11.6 Å². The molecule has 5 heteroatoms. The molecule has 2 rings (SSSR count). The van der Waals surface area contributed by atoms with Gasteiger partial charge in [0, 0.05) is 5.69 Å². The van der Waals surface area contributed by atoms with Crippen LogP contribution in [0.15, 0.2) is 28.8 Å². The third kappa shape index (κ3) is 2.47. The minimum atomic E-state index is -0.402. The number of nitrogens with zero attached hydrogens (tertiary/aromatic N) is 1. The van der Waals surface area contributed by atoms with Crippen LogP contribution in [0.25, 0.3) is 0 Å². The van der Waals surface area contributed by atoms with E-state index in [1.807, 2.05) is 25.1 Å². The highest BCUT2D eigenvalue weighted by Gasteiger charge is 2.18. The average Bonchev–Trinajstić information content (AvgIpc) is 2.60. The van der Waals surface area contributed by atoms with Crippen molar-refractivity contribution in [2.75, 3.05) is 5.32 Å². The van der Waals surface area contributed by atoms with Crippen LogP contribution in [0.3, 0.4) is 0 Å². The fourth-order valence-corrected chi connectivity index (χ4v) is 1.57. The predicted octanol–water partition coefficient (Wildman–Crippen LogP) is 3.20. The Hall–Kier alpha value is -1.81. The summed E-state index contributed by atoms with van der Waals surface area (Å²) in [6.07, 6.45) is 0. The van der Waals surface area contributed by atoms with Crippen molar-refractivity contribution in [2.45, 2.75) is 13.8 Å². The number of carbonyl (C=O) groups is 1. The van der Waals surface area contributed by atoms with Crippen LogP contribution in [0.2, 0.25) is 5.02 Å². The molecule has 4 nitrogen and oxygen atoms in total. The van der Waals surface area contributed by atoms with Crippen molar-refractivity contribution in [1.82, 2.24) is 5.16 Å². The van der Waals surface area contributed by atoms with E-state index in [0.29, 0.717) is 11.4 Å². The summed E-state index contributed by atoms with van der Waals surface area (Å²) < 4.78 is 4.87. The first-order chi connectivity index (χ1) is 8.08. The Labute approximate surface area is 104 Å². The topological polar surface area (TPSA) is 55.1 Å². The van der Waals surface area contributed by atoms with Crippen molar-refractivity contribution in [1.29, 1.82) is 0 Å². The Bertz CT molecular complexity index is 563. The number of rotatable bonds is 2. The minimum Gasteiger partial charge on any atom is -0.349 e. The van der Waals surface area contributed by atoms with Crippen LogP contribution in [0.5, 0.6) is 0 Å². The average molecular weight is 251 g/mol. The zero-order chi connectivity index (χ0) is 12.4. The van der Waals surface area contributed by atoms with E-state index in [1.165, 1.54) is 0 Å². The van der Waals surface area contributed by atoms with Gasteiger partial charge in [-0.25, -0.2) is 0 Å². The molecule has 17 heavy (non-hydrogen) atoms. The number of carbonyl (C=O) groups excluding carboxylic acids is 1. The standard InChI is InChI=1S/C12H11ClN2O2/c1-7-4-3-5-9(6-7)14-12(16)11-10(13)8(2)15-17-11/h3-6H,1-2H3,(H,14,16). The number of nitrogens with one attached hydrogen (secondary N) is 1. The van der Waals surface area contributed by atoms with Crippen LogP contribution in [-0.4, -0.2) is 11.1 Å². The quantitative estimate of drug-likeness (QED) is 0.891. The van der Waals surface area contributed by atoms with Gasteiger partial charge in [0.15, 0.2) is 0 Å². The first-order valence-corrected chi connectivity index (χ1v) is 5.45. The Morgan fingerprint density at radius 3 is 2.76 bits per heavy atom. The molecule has 1 aromatic heterocycles. The van der Waals surface area contributed by atoms with Crippen molar-refractivity contribution in [3.05, 3.63) is 46.3 Å². The summed E-state index contributed by atoms with van der Waals surface area (Å²) in [6.45, 7) is 3.62. The molecule has 0 atom stereocenters. The number of hydrogen-bond acceptors (Lipinski definition) is 3. The highest BCUT2D eigenvalue weighted by molar-refractivity contribution is 6.34. The lowest BCUT2D eigenvalue weighted by Crippen LogP contribution is -2.11. The number of benzene rings is 1. The highest BCUT2D eigenvalue weighted by atomic mass is 35.5. The van der Waals surface area contributed by atoms with Crippen molar-refractivity contribution in [2.24, 2.45) is 0 Å². The maximum Gasteiger partial charge on any atom is 0.295 e. The van der Waals surface area contributed by atoms with E-state index in [2.05, 4.69) is 10.5 Å². The number of amides is 1. The zero-order valence-electron chi connectivity index (χ0n) is 9.45. The Kier molecular flexibility index (Phi) is 3.15. The molecule has 0 spiro atoms. The Morgan fingerprint density at radius 2 is 2.18 bits per heavy atom. The molecule has 0 saturated carbocycles. The van der Waals surface area contributed by atoms with E-state index in [4.69, 9.17) is 16.1 Å². The van der Waals surface area contributed by atoms with Crippen LogP contribution in [0.4, 0.5) is 5.69 Å². The number of aromatic nitrogens is 1. The van der Waals surface area contributed by atoms with Gasteiger partial charge >= 0.3 is 0 Å². The molecule has 1 N–H and O–H groups in total. The molecule has 0 aliphatic heterocycles. The van der Waals surface area contributed by atoms with E-state index in [9.17, 15) is 4.79 Å². The number of aryl methyl sites for hydroxylation is 2. The molecule has 1 amide bonds.